The molecule has 1 aromatic carbocycles. The quantitative estimate of drug-likeness (QED) is 0.498. The normalized spacial score (nSPS) is 10.9. The molecule has 0 aliphatic rings. The average molecular weight is 295 g/mol. The van der Waals surface area contributed by atoms with E-state index in [1.54, 1.807) is 0 Å². The van der Waals surface area contributed by atoms with E-state index in [2.05, 4.69) is 19.9 Å². The zero-order valence-corrected chi connectivity index (χ0v) is 13.6. The molecule has 1 N–H and O–H groups in total. The molecule has 21 heavy (non-hydrogen) atoms. The Morgan fingerprint density at radius 1 is 1.05 bits per heavy atom. The standard InChI is InChI=1S/C17H29NO3/c1-4-6-12-20-18(21-13-7-5-2)17-9-8-15(3)14-16(17)10-11-19/h8-9,14,19H,4-7,10-13H2,1-3H3. The smallest absolute Gasteiger partial charge is 0.0980 e. The molecule has 0 bridgehead atoms. The number of unbranched alkanes of at least 4 members (excludes halogenated alkanes) is 2. The maximum atomic E-state index is 9.24. The van der Waals surface area contributed by atoms with Crippen molar-refractivity contribution < 1.29 is 14.8 Å². The molecule has 0 aliphatic carbocycles. The van der Waals surface area contributed by atoms with Gasteiger partial charge in [-0.05, 0) is 37.8 Å². The van der Waals surface area contributed by atoms with Crippen molar-refractivity contribution in [1.29, 1.82) is 0 Å². The van der Waals surface area contributed by atoms with Crippen LogP contribution in [0.2, 0.25) is 0 Å². The SMILES string of the molecule is CCCCON(OCCCC)c1ccc(C)cc1CCO. The van der Waals surface area contributed by atoms with E-state index in [-0.39, 0.29) is 6.61 Å². The summed E-state index contributed by atoms with van der Waals surface area (Å²) in [6.45, 7) is 7.70. The molecule has 1 aromatic rings. The van der Waals surface area contributed by atoms with E-state index in [9.17, 15) is 5.11 Å². The van der Waals surface area contributed by atoms with Crippen molar-refractivity contribution in [3.63, 3.8) is 0 Å². The predicted octanol–water partition coefficient (Wildman–Crippen LogP) is 3.80. The van der Waals surface area contributed by atoms with Crippen LogP contribution in [0.5, 0.6) is 0 Å². The predicted molar refractivity (Wildman–Crippen MR) is 86.2 cm³/mol. The molecular weight excluding hydrogens is 266 g/mol. The van der Waals surface area contributed by atoms with Crippen LogP contribution in [-0.4, -0.2) is 24.9 Å². The van der Waals surface area contributed by atoms with Crippen molar-refractivity contribution >= 4 is 5.69 Å². The number of rotatable bonds is 11. The summed E-state index contributed by atoms with van der Waals surface area (Å²) in [6, 6.07) is 6.11. The van der Waals surface area contributed by atoms with Gasteiger partial charge in [-0.3, -0.25) is 0 Å². The third-order valence-electron chi connectivity index (χ3n) is 3.23. The van der Waals surface area contributed by atoms with Crippen molar-refractivity contribution in [3.8, 4) is 0 Å². The van der Waals surface area contributed by atoms with Gasteiger partial charge in [0.25, 0.3) is 0 Å². The molecule has 0 aromatic heterocycles. The van der Waals surface area contributed by atoms with Crippen molar-refractivity contribution in [2.45, 2.75) is 52.9 Å². The molecule has 4 nitrogen and oxygen atoms in total. The average Bonchev–Trinajstić information content (AvgIpc) is 2.47. The maximum absolute atomic E-state index is 9.24. The van der Waals surface area contributed by atoms with E-state index in [0.717, 1.165) is 36.9 Å². The molecular formula is C17H29NO3. The van der Waals surface area contributed by atoms with Crippen molar-refractivity contribution in [3.05, 3.63) is 29.3 Å². The third kappa shape index (κ3) is 6.46. The first-order valence-electron chi connectivity index (χ1n) is 7.99. The van der Waals surface area contributed by atoms with Gasteiger partial charge in [0.05, 0.1) is 18.9 Å². The molecule has 0 unspecified atom stereocenters. The van der Waals surface area contributed by atoms with Crippen LogP contribution in [0.3, 0.4) is 0 Å². The number of anilines is 1. The van der Waals surface area contributed by atoms with Crippen LogP contribution in [0.1, 0.15) is 50.7 Å². The molecule has 120 valence electrons. The zero-order chi connectivity index (χ0) is 15.5. The van der Waals surface area contributed by atoms with Gasteiger partial charge in [0.15, 0.2) is 0 Å². The molecule has 0 saturated heterocycles. The molecule has 4 heteroatoms. The highest BCUT2D eigenvalue weighted by Crippen LogP contribution is 2.24. The molecule has 0 heterocycles. The molecule has 1 rings (SSSR count). The van der Waals surface area contributed by atoms with Crippen molar-refractivity contribution in [2.24, 2.45) is 0 Å². The number of aliphatic hydroxyl groups is 1. The Hall–Kier alpha value is -1.10. The maximum Gasteiger partial charge on any atom is 0.0980 e. The highest BCUT2D eigenvalue weighted by atomic mass is 16.9. The Labute approximate surface area is 128 Å². The first-order chi connectivity index (χ1) is 10.2. The molecule has 0 spiro atoms. The van der Waals surface area contributed by atoms with Crippen LogP contribution in [0, 0.1) is 6.92 Å². The van der Waals surface area contributed by atoms with Gasteiger partial charge < -0.3 is 5.11 Å². The van der Waals surface area contributed by atoms with Gasteiger partial charge in [-0.15, -0.1) is 5.23 Å². The lowest BCUT2D eigenvalue weighted by Gasteiger charge is -2.25. The van der Waals surface area contributed by atoms with E-state index in [0.29, 0.717) is 19.6 Å². The molecule has 0 radical (unpaired) electrons. The van der Waals surface area contributed by atoms with E-state index in [4.69, 9.17) is 9.68 Å². The monoisotopic (exact) mass is 295 g/mol. The fourth-order valence-electron chi connectivity index (χ4n) is 1.97. The van der Waals surface area contributed by atoms with Crippen LogP contribution >= 0.6 is 0 Å². The minimum atomic E-state index is 0.119. The Morgan fingerprint density at radius 3 is 2.19 bits per heavy atom. The van der Waals surface area contributed by atoms with Crippen molar-refractivity contribution in [1.82, 2.24) is 0 Å². The summed E-state index contributed by atoms with van der Waals surface area (Å²) in [6.07, 6.45) is 4.76. The summed E-state index contributed by atoms with van der Waals surface area (Å²) in [5, 5.41) is 10.8. The Balaban J connectivity index is 2.83. The third-order valence-corrected chi connectivity index (χ3v) is 3.23. The van der Waals surface area contributed by atoms with Crippen molar-refractivity contribution in [2.75, 3.05) is 25.0 Å². The Kier molecular flexibility index (Phi) is 9.06. The van der Waals surface area contributed by atoms with Gasteiger partial charge in [-0.1, -0.05) is 44.4 Å². The fourth-order valence-corrected chi connectivity index (χ4v) is 1.97. The summed E-state index contributed by atoms with van der Waals surface area (Å²) in [4.78, 5) is 11.5. The summed E-state index contributed by atoms with van der Waals surface area (Å²) in [7, 11) is 0. The lowest BCUT2D eigenvalue weighted by atomic mass is 10.1. The summed E-state index contributed by atoms with van der Waals surface area (Å²) >= 11 is 0. The molecule has 0 aliphatic heterocycles. The van der Waals surface area contributed by atoms with Crippen LogP contribution in [0.15, 0.2) is 18.2 Å². The van der Waals surface area contributed by atoms with Gasteiger partial charge in [0.2, 0.25) is 0 Å². The molecule has 0 fully saturated rings. The highest BCUT2D eigenvalue weighted by Gasteiger charge is 2.13. The summed E-state index contributed by atoms with van der Waals surface area (Å²) in [5.74, 6) is 0. The summed E-state index contributed by atoms with van der Waals surface area (Å²) < 4.78 is 0. The second-order valence-electron chi connectivity index (χ2n) is 5.24. The number of benzene rings is 1. The topological polar surface area (TPSA) is 41.9 Å². The van der Waals surface area contributed by atoms with Crippen LogP contribution in [-0.2, 0) is 16.1 Å². The molecule has 0 amide bonds. The Bertz CT molecular complexity index is 386. The number of aryl methyl sites for hydroxylation is 1. The highest BCUT2D eigenvalue weighted by molar-refractivity contribution is 5.51. The zero-order valence-electron chi connectivity index (χ0n) is 13.6. The van der Waals surface area contributed by atoms with Crippen LogP contribution in [0.4, 0.5) is 5.69 Å². The van der Waals surface area contributed by atoms with Gasteiger partial charge in [0, 0.05) is 6.61 Å². The molecule has 0 saturated carbocycles. The van der Waals surface area contributed by atoms with E-state index in [1.807, 2.05) is 19.1 Å². The van der Waals surface area contributed by atoms with Crippen LogP contribution < -0.4 is 5.23 Å². The minimum absolute atomic E-state index is 0.119. The van der Waals surface area contributed by atoms with Crippen LogP contribution in [0.25, 0.3) is 0 Å². The second kappa shape index (κ2) is 10.6. The van der Waals surface area contributed by atoms with E-state index < -0.39 is 0 Å². The van der Waals surface area contributed by atoms with Gasteiger partial charge in [-0.25, -0.2) is 9.68 Å². The minimum Gasteiger partial charge on any atom is -0.396 e. The van der Waals surface area contributed by atoms with E-state index in [1.165, 1.54) is 10.8 Å². The van der Waals surface area contributed by atoms with Gasteiger partial charge in [0.1, 0.15) is 0 Å². The number of aliphatic hydroxyl groups excluding tert-OH is 1. The lowest BCUT2D eigenvalue weighted by Crippen LogP contribution is -2.26. The number of hydrogen-bond donors (Lipinski definition) is 1. The first kappa shape index (κ1) is 18.0. The van der Waals surface area contributed by atoms with Gasteiger partial charge >= 0.3 is 0 Å². The summed E-state index contributed by atoms with van der Waals surface area (Å²) in [5.41, 5.74) is 3.11. The molecule has 0 atom stereocenters. The largest absolute Gasteiger partial charge is 0.396 e. The Morgan fingerprint density at radius 2 is 1.67 bits per heavy atom. The lowest BCUT2D eigenvalue weighted by molar-refractivity contribution is -0.0913. The fraction of sp³-hybridized carbons (Fsp3) is 0.647. The van der Waals surface area contributed by atoms with Gasteiger partial charge in [-0.2, -0.15) is 0 Å². The second-order valence-corrected chi connectivity index (χ2v) is 5.24. The van der Waals surface area contributed by atoms with E-state index >= 15 is 0 Å². The number of nitrogens with zero attached hydrogens (tertiary/aromatic N) is 1. The first-order valence-corrected chi connectivity index (χ1v) is 7.99. The number of hydrogen-bond acceptors (Lipinski definition) is 4.